The van der Waals surface area contributed by atoms with Crippen molar-refractivity contribution >= 4 is 22.4 Å². The average molecular weight is 214 g/mol. The molecule has 4 heteroatoms. The van der Waals surface area contributed by atoms with Crippen molar-refractivity contribution in [1.82, 2.24) is 0 Å². The first kappa shape index (κ1) is 10.2. The molecule has 2 nitrogen and oxygen atoms in total. The summed E-state index contributed by atoms with van der Waals surface area (Å²) in [5.74, 6) is 0.387. The number of nitrogens with zero attached hydrogens (tertiary/aromatic N) is 1. The Morgan fingerprint density at radius 2 is 2.00 bits per heavy atom. The van der Waals surface area contributed by atoms with Crippen LogP contribution in [0.3, 0.4) is 0 Å². The molecule has 0 fully saturated rings. The van der Waals surface area contributed by atoms with E-state index in [1.165, 1.54) is 0 Å². The van der Waals surface area contributed by atoms with Gasteiger partial charge in [0, 0.05) is 22.1 Å². The van der Waals surface area contributed by atoms with Gasteiger partial charge in [-0.25, -0.2) is 0 Å². The van der Waals surface area contributed by atoms with Gasteiger partial charge in [0.2, 0.25) is 0 Å². The van der Waals surface area contributed by atoms with Crippen molar-refractivity contribution in [3.8, 4) is 6.07 Å². The third-order valence-corrected chi connectivity index (χ3v) is 3.10. The van der Waals surface area contributed by atoms with Gasteiger partial charge in [-0.15, -0.1) is 0 Å². The second-order valence-corrected chi connectivity index (χ2v) is 4.42. The van der Waals surface area contributed by atoms with Gasteiger partial charge in [0.25, 0.3) is 0 Å². The molecule has 1 rings (SSSR count). The Morgan fingerprint density at radius 3 is 2.54 bits per heavy atom. The van der Waals surface area contributed by atoms with Crippen molar-refractivity contribution in [1.29, 1.82) is 5.26 Å². The van der Waals surface area contributed by atoms with E-state index in [4.69, 9.17) is 16.9 Å². The minimum atomic E-state index is -1.07. The summed E-state index contributed by atoms with van der Waals surface area (Å²) < 4.78 is 11.4. The monoisotopic (exact) mass is 213 g/mol. The van der Waals surface area contributed by atoms with Crippen molar-refractivity contribution in [3.63, 3.8) is 0 Å². The van der Waals surface area contributed by atoms with Crippen LogP contribution in [0.15, 0.2) is 29.2 Å². The quantitative estimate of drug-likeness (QED) is 0.774. The zero-order valence-corrected chi connectivity index (χ0v) is 8.44. The molecule has 0 saturated carbocycles. The highest BCUT2D eigenvalue weighted by Gasteiger charge is 2.02. The van der Waals surface area contributed by atoms with Crippen molar-refractivity contribution in [3.05, 3.63) is 29.3 Å². The van der Waals surface area contributed by atoms with Crippen molar-refractivity contribution in [2.75, 3.05) is 5.75 Å². The number of nitriles is 1. The van der Waals surface area contributed by atoms with Crippen molar-refractivity contribution < 1.29 is 4.21 Å². The summed E-state index contributed by atoms with van der Waals surface area (Å²) in [5.41, 5.74) is 0. The van der Waals surface area contributed by atoms with Gasteiger partial charge in [0.1, 0.15) is 0 Å². The lowest BCUT2D eigenvalue weighted by atomic mass is 10.4. The summed E-state index contributed by atoms with van der Waals surface area (Å²) in [7, 11) is -1.07. The fourth-order valence-electron chi connectivity index (χ4n) is 0.843. The van der Waals surface area contributed by atoms with Crippen LogP contribution in [0.25, 0.3) is 0 Å². The van der Waals surface area contributed by atoms with Crippen LogP contribution >= 0.6 is 11.6 Å². The molecule has 68 valence electrons. The van der Waals surface area contributed by atoms with Crippen LogP contribution < -0.4 is 0 Å². The molecule has 0 radical (unpaired) electrons. The van der Waals surface area contributed by atoms with Crippen LogP contribution in [-0.4, -0.2) is 9.96 Å². The summed E-state index contributed by atoms with van der Waals surface area (Å²) in [6, 6.07) is 8.79. The van der Waals surface area contributed by atoms with E-state index < -0.39 is 10.8 Å². The zero-order chi connectivity index (χ0) is 9.68. The Bertz CT molecular complexity index is 342. The predicted octanol–water partition coefficient (Wildman–Crippen LogP) is 2.36. The minimum Gasteiger partial charge on any atom is -0.254 e. The van der Waals surface area contributed by atoms with Gasteiger partial charge in [0.05, 0.1) is 16.9 Å². The number of hydrogen-bond donors (Lipinski definition) is 0. The molecule has 13 heavy (non-hydrogen) atoms. The molecule has 1 aromatic carbocycles. The Morgan fingerprint density at radius 1 is 1.38 bits per heavy atom. The van der Waals surface area contributed by atoms with E-state index in [2.05, 4.69) is 0 Å². The normalized spacial score (nSPS) is 12.0. The zero-order valence-electron chi connectivity index (χ0n) is 6.87. The molecule has 0 amide bonds. The molecule has 0 aliphatic carbocycles. The number of benzene rings is 1. The maximum Gasteiger partial charge on any atom is 0.0631 e. The molecule has 0 saturated heterocycles. The summed E-state index contributed by atoms with van der Waals surface area (Å²) in [5, 5.41) is 8.93. The van der Waals surface area contributed by atoms with E-state index in [-0.39, 0.29) is 0 Å². The van der Waals surface area contributed by atoms with E-state index in [1.54, 1.807) is 24.3 Å². The van der Waals surface area contributed by atoms with Crippen LogP contribution in [0, 0.1) is 11.3 Å². The Hall–Kier alpha value is -0.850. The number of hydrogen-bond acceptors (Lipinski definition) is 2. The topological polar surface area (TPSA) is 40.9 Å². The fourth-order valence-corrected chi connectivity index (χ4v) is 1.92. The van der Waals surface area contributed by atoms with Gasteiger partial charge in [-0.3, -0.25) is 4.21 Å². The molecular formula is C9H8ClNOS. The Kier molecular flexibility index (Phi) is 3.94. The van der Waals surface area contributed by atoms with Crippen molar-refractivity contribution in [2.45, 2.75) is 11.3 Å². The van der Waals surface area contributed by atoms with E-state index in [0.29, 0.717) is 17.2 Å². The molecule has 0 spiro atoms. The molecule has 1 aromatic rings. The maximum absolute atomic E-state index is 11.4. The van der Waals surface area contributed by atoms with Gasteiger partial charge in [-0.2, -0.15) is 5.26 Å². The van der Waals surface area contributed by atoms with Crippen LogP contribution in [0.1, 0.15) is 6.42 Å². The lowest BCUT2D eigenvalue weighted by Crippen LogP contribution is -1.96. The van der Waals surface area contributed by atoms with Gasteiger partial charge in [0.15, 0.2) is 0 Å². The molecule has 0 aromatic heterocycles. The highest BCUT2D eigenvalue weighted by molar-refractivity contribution is 7.85. The Balaban J connectivity index is 2.68. The summed E-state index contributed by atoms with van der Waals surface area (Å²) in [6.45, 7) is 0. The molecule has 1 unspecified atom stereocenters. The minimum absolute atomic E-state index is 0.315. The summed E-state index contributed by atoms with van der Waals surface area (Å²) in [6.07, 6.45) is 0.315. The maximum atomic E-state index is 11.4. The third kappa shape index (κ3) is 3.17. The lowest BCUT2D eigenvalue weighted by Gasteiger charge is -1.98. The Labute approximate surface area is 84.6 Å². The summed E-state index contributed by atoms with van der Waals surface area (Å²) >= 11 is 5.67. The van der Waals surface area contributed by atoms with Gasteiger partial charge in [-0.1, -0.05) is 11.6 Å². The first-order valence-electron chi connectivity index (χ1n) is 3.75. The van der Waals surface area contributed by atoms with E-state index in [9.17, 15) is 4.21 Å². The highest BCUT2D eigenvalue weighted by atomic mass is 35.5. The SMILES string of the molecule is N#CCCS(=O)c1ccc(Cl)cc1. The largest absolute Gasteiger partial charge is 0.254 e. The molecular weight excluding hydrogens is 206 g/mol. The third-order valence-electron chi connectivity index (χ3n) is 1.48. The molecule has 0 aliphatic rings. The van der Waals surface area contributed by atoms with Crippen LogP contribution in [0.4, 0.5) is 0 Å². The second-order valence-electron chi connectivity index (χ2n) is 2.41. The standard InChI is InChI=1S/C9H8ClNOS/c10-8-2-4-9(5-3-8)13(12)7-1-6-11/h2-5H,1,7H2. The van der Waals surface area contributed by atoms with Crippen LogP contribution in [-0.2, 0) is 10.8 Å². The number of rotatable bonds is 3. The van der Waals surface area contributed by atoms with Gasteiger partial charge < -0.3 is 0 Å². The van der Waals surface area contributed by atoms with E-state index in [1.807, 2.05) is 6.07 Å². The lowest BCUT2D eigenvalue weighted by molar-refractivity contribution is 0.683. The predicted molar refractivity (Wildman–Crippen MR) is 53.0 cm³/mol. The van der Waals surface area contributed by atoms with Crippen molar-refractivity contribution in [2.24, 2.45) is 0 Å². The smallest absolute Gasteiger partial charge is 0.0631 e. The average Bonchev–Trinajstić information content (AvgIpc) is 2.15. The second kappa shape index (κ2) is 5.00. The first-order valence-corrected chi connectivity index (χ1v) is 5.44. The fraction of sp³-hybridized carbons (Fsp3) is 0.222. The van der Waals surface area contributed by atoms with Gasteiger partial charge >= 0.3 is 0 Å². The molecule has 0 bridgehead atoms. The first-order chi connectivity index (χ1) is 6.24. The highest BCUT2D eigenvalue weighted by Crippen LogP contribution is 2.12. The van der Waals surface area contributed by atoms with E-state index in [0.717, 1.165) is 4.90 Å². The summed E-state index contributed by atoms with van der Waals surface area (Å²) in [4.78, 5) is 0.722. The number of halogens is 1. The van der Waals surface area contributed by atoms with Gasteiger partial charge in [-0.05, 0) is 24.3 Å². The molecule has 0 N–H and O–H groups in total. The van der Waals surface area contributed by atoms with E-state index >= 15 is 0 Å². The molecule has 0 heterocycles. The molecule has 0 aliphatic heterocycles. The molecule has 1 atom stereocenters. The van der Waals surface area contributed by atoms with Crippen LogP contribution in [0.5, 0.6) is 0 Å². The van der Waals surface area contributed by atoms with Crippen LogP contribution in [0.2, 0.25) is 5.02 Å².